The normalized spacial score (nSPS) is 17.7. The van der Waals surface area contributed by atoms with Crippen LogP contribution in [-0.4, -0.2) is 26.3 Å². The molecule has 98 valence electrons. The number of rotatable bonds is 4. The molecule has 0 spiro atoms. The highest BCUT2D eigenvalue weighted by Crippen LogP contribution is 2.37. The Labute approximate surface area is 107 Å². The van der Waals surface area contributed by atoms with Crippen molar-refractivity contribution in [3.63, 3.8) is 0 Å². The Morgan fingerprint density at radius 3 is 2.61 bits per heavy atom. The third kappa shape index (κ3) is 2.26. The van der Waals surface area contributed by atoms with Crippen LogP contribution in [0.3, 0.4) is 0 Å². The van der Waals surface area contributed by atoms with Gasteiger partial charge in [0.2, 0.25) is 0 Å². The van der Waals surface area contributed by atoms with Crippen LogP contribution in [0.5, 0.6) is 0 Å². The molecule has 1 heterocycles. The summed E-state index contributed by atoms with van der Waals surface area (Å²) in [6, 6.07) is 7.30. The average Bonchev–Trinajstić information content (AvgIpc) is 2.88. The molecule has 4 heteroatoms. The first-order valence-corrected chi connectivity index (χ1v) is 6.19. The molecule has 0 unspecified atom stereocenters. The lowest BCUT2D eigenvalue weighted by Gasteiger charge is -2.28. The minimum absolute atomic E-state index is 0.361. The molecule has 1 fully saturated rings. The molecule has 18 heavy (non-hydrogen) atoms. The van der Waals surface area contributed by atoms with Crippen LogP contribution < -0.4 is 0 Å². The predicted octanol–water partition coefficient (Wildman–Crippen LogP) is 2.47. The van der Waals surface area contributed by atoms with E-state index in [0.29, 0.717) is 18.8 Å². The van der Waals surface area contributed by atoms with E-state index in [-0.39, 0.29) is 5.97 Å². The van der Waals surface area contributed by atoms with Gasteiger partial charge in [0.1, 0.15) is 0 Å². The average molecular weight is 250 g/mol. The van der Waals surface area contributed by atoms with Crippen molar-refractivity contribution in [2.45, 2.75) is 25.6 Å². The highest BCUT2D eigenvalue weighted by atomic mass is 16.7. The molecule has 0 aromatic heterocycles. The zero-order valence-corrected chi connectivity index (χ0v) is 10.8. The van der Waals surface area contributed by atoms with Crippen LogP contribution >= 0.6 is 0 Å². The van der Waals surface area contributed by atoms with Gasteiger partial charge in [0, 0.05) is 12.0 Å². The van der Waals surface area contributed by atoms with Crippen LogP contribution in [-0.2, 0) is 20.0 Å². The van der Waals surface area contributed by atoms with Crippen LogP contribution in [0.1, 0.15) is 35.7 Å². The Hall–Kier alpha value is -1.39. The predicted molar refractivity (Wildman–Crippen MR) is 66.3 cm³/mol. The first-order valence-electron chi connectivity index (χ1n) is 6.19. The number of carbonyl (C=O) groups excluding carboxylic acids is 1. The molecule has 0 saturated carbocycles. The number of hydrogen-bond donors (Lipinski definition) is 0. The van der Waals surface area contributed by atoms with E-state index in [9.17, 15) is 4.79 Å². The summed E-state index contributed by atoms with van der Waals surface area (Å²) < 4.78 is 16.4. The summed E-state index contributed by atoms with van der Waals surface area (Å²) in [4.78, 5) is 11.8. The van der Waals surface area contributed by atoms with Gasteiger partial charge in [-0.15, -0.1) is 0 Å². The molecule has 0 radical (unpaired) electrons. The standard InChI is InChI=1S/C14H18O4/c1-3-8-14(17-9-10-18-14)12-7-5-4-6-11(12)13(15)16-2/h4-7H,3,8-10H2,1-2H3. The maximum Gasteiger partial charge on any atom is 0.338 e. The van der Waals surface area contributed by atoms with Crippen LogP contribution in [0.2, 0.25) is 0 Å². The number of benzene rings is 1. The fourth-order valence-electron chi connectivity index (χ4n) is 2.32. The third-order valence-corrected chi connectivity index (χ3v) is 3.08. The van der Waals surface area contributed by atoms with Crippen LogP contribution in [0.15, 0.2) is 24.3 Å². The van der Waals surface area contributed by atoms with E-state index in [1.165, 1.54) is 7.11 Å². The molecule has 1 aliphatic heterocycles. The van der Waals surface area contributed by atoms with Crippen molar-refractivity contribution in [3.05, 3.63) is 35.4 Å². The fourth-order valence-corrected chi connectivity index (χ4v) is 2.32. The van der Waals surface area contributed by atoms with Gasteiger partial charge in [0.15, 0.2) is 5.79 Å². The van der Waals surface area contributed by atoms with Gasteiger partial charge in [-0.2, -0.15) is 0 Å². The number of esters is 1. The smallest absolute Gasteiger partial charge is 0.338 e. The van der Waals surface area contributed by atoms with E-state index in [1.807, 2.05) is 18.2 Å². The summed E-state index contributed by atoms with van der Waals surface area (Å²) in [5.74, 6) is -1.15. The van der Waals surface area contributed by atoms with Crippen molar-refractivity contribution in [3.8, 4) is 0 Å². The van der Waals surface area contributed by atoms with E-state index in [4.69, 9.17) is 14.2 Å². The molecule has 1 aromatic carbocycles. The molecule has 0 bridgehead atoms. The maximum atomic E-state index is 11.8. The Bertz CT molecular complexity index is 422. The van der Waals surface area contributed by atoms with E-state index < -0.39 is 5.79 Å². The van der Waals surface area contributed by atoms with E-state index >= 15 is 0 Å². The topological polar surface area (TPSA) is 44.8 Å². The quantitative estimate of drug-likeness (QED) is 0.770. The van der Waals surface area contributed by atoms with Crippen molar-refractivity contribution in [1.29, 1.82) is 0 Å². The Balaban J connectivity index is 2.44. The summed E-state index contributed by atoms with van der Waals surface area (Å²) in [6.45, 7) is 3.17. The van der Waals surface area contributed by atoms with Crippen LogP contribution in [0, 0.1) is 0 Å². The van der Waals surface area contributed by atoms with Crippen molar-refractivity contribution in [2.24, 2.45) is 0 Å². The van der Waals surface area contributed by atoms with Crippen molar-refractivity contribution in [2.75, 3.05) is 20.3 Å². The molecule has 0 amide bonds. The SMILES string of the molecule is CCCC1(c2ccccc2C(=O)OC)OCCO1. The number of hydrogen-bond acceptors (Lipinski definition) is 4. The van der Waals surface area contributed by atoms with Crippen LogP contribution in [0.4, 0.5) is 0 Å². The molecule has 0 atom stereocenters. The van der Waals surface area contributed by atoms with Crippen molar-refractivity contribution < 1.29 is 19.0 Å². The van der Waals surface area contributed by atoms with Gasteiger partial charge in [-0.25, -0.2) is 4.79 Å². The van der Waals surface area contributed by atoms with Gasteiger partial charge in [-0.05, 0) is 6.07 Å². The van der Waals surface area contributed by atoms with Gasteiger partial charge in [0.05, 0.1) is 25.9 Å². The highest BCUT2D eigenvalue weighted by molar-refractivity contribution is 5.91. The molecule has 2 rings (SSSR count). The lowest BCUT2D eigenvalue weighted by Crippen LogP contribution is -2.29. The second-order valence-electron chi connectivity index (χ2n) is 4.24. The Morgan fingerprint density at radius 1 is 1.33 bits per heavy atom. The molecule has 1 saturated heterocycles. The van der Waals surface area contributed by atoms with Gasteiger partial charge in [0.25, 0.3) is 0 Å². The molecular formula is C14H18O4. The molecule has 4 nitrogen and oxygen atoms in total. The number of methoxy groups -OCH3 is 1. The first kappa shape index (κ1) is 13.1. The first-order chi connectivity index (χ1) is 8.73. The van der Waals surface area contributed by atoms with E-state index in [0.717, 1.165) is 18.4 Å². The number of ether oxygens (including phenoxy) is 3. The minimum Gasteiger partial charge on any atom is -0.465 e. The second kappa shape index (κ2) is 5.50. The maximum absolute atomic E-state index is 11.8. The van der Waals surface area contributed by atoms with E-state index in [2.05, 4.69) is 6.92 Å². The number of carbonyl (C=O) groups is 1. The molecule has 0 N–H and O–H groups in total. The van der Waals surface area contributed by atoms with E-state index in [1.54, 1.807) is 6.07 Å². The van der Waals surface area contributed by atoms with Crippen molar-refractivity contribution in [1.82, 2.24) is 0 Å². The fraction of sp³-hybridized carbons (Fsp3) is 0.500. The van der Waals surface area contributed by atoms with Gasteiger partial charge in [-0.3, -0.25) is 0 Å². The summed E-state index contributed by atoms with van der Waals surface area (Å²) >= 11 is 0. The molecule has 1 aliphatic rings. The summed E-state index contributed by atoms with van der Waals surface area (Å²) in [5.41, 5.74) is 1.27. The Kier molecular flexibility index (Phi) is 3.99. The summed E-state index contributed by atoms with van der Waals surface area (Å²) in [6.07, 6.45) is 1.64. The zero-order chi connectivity index (χ0) is 13.0. The van der Waals surface area contributed by atoms with Gasteiger partial charge in [-0.1, -0.05) is 31.5 Å². The minimum atomic E-state index is -0.792. The lowest BCUT2D eigenvalue weighted by molar-refractivity contribution is -0.171. The zero-order valence-electron chi connectivity index (χ0n) is 10.8. The monoisotopic (exact) mass is 250 g/mol. The van der Waals surface area contributed by atoms with Crippen molar-refractivity contribution >= 4 is 5.97 Å². The summed E-state index contributed by atoms with van der Waals surface area (Å²) in [5, 5.41) is 0. The molecular weight excluding hydrogens is 232 g/mol. The molecule has 0 aliphatic carbocycles. The van der Waals surface area contributed by atoms with Gasteiger partial charge >= 0.3 is 5.97 Å². The van der Waals surface area contributed by atoms with Crippen LogP contribution in [0.25, 0.3) is 0 Å². The Morgan fingerprint density at radius 2 is 2.00 bits per heavy atom. The third-order valence-electron chi connectivity index (χ3n) is 3.08. The lowest BCUT2D eigenvalue weighted by atomic mass is 9.95. The largest absolute Gasteiger partial charge is 0.465 e. The summed E-state index contributed by atoms with van der Waals surface area (Å²) in [7, 11) is 1.38. The highest BCUT2D eigenvalue weighted by Gasteiger charge is 2.40. The van der Waals surface area contributed by atoms with Gasteiger partial charge < -0.3 is 14.2 Å². The molecule has 1 aromatic rings. The second-order valence-corrected chi connectivity index (χ2v) is 4.24.